The highest BCUT2D eigenvalue weighted by molar-refractivity contribution is 7.84. The van der Waals surface area contributed by atoms with Crippen molar-refractivity contribution in [3.8, 4) is 0 Å². The minimum Gasteiger partial charge on any atom is -0.398 e. The fraction of sp³-hybridized carbons (Fsp3) is 0.133. The number of fused-ring (bicyclic) bond motifs is 1. The molecular formula is C15H14N2OS2. The summed E-state index contributed by atoms with van der Waals surface area (Å²) in [6, 6.07) is 13.6. The summed E-state index contributed by atoms with van der Waals surface area (Å²) in [5, 5.41) is 0.879. The average molecular weight is 302 g/mol. The molecule has 0 fully saturated rings. The molecule has 20 heavy (non-hydrogen) atoms. The van der Waals surface area contributed by atoms with Crippen molar-refractivity contribution in [2.75, 3.05) is 5.73 Å². The van der Waals surface area contributed by atoms with Gasteiger partial charge in [-0.15, -0.1) is 11.3 Å². The standard InChI is InChI=1S/C15H14N2OS2/c1-10-6-7-14(11(16)8-10)20(18)9-15-17-12-4-2-3-5-13(12)19-15/h2-8H,9,16H2,1H3. The predicted octanol–water partition coefficient (Wildman–Crippen LogP) is 3.49. The van der Waals surface area contributed by atoms with Crippen molar-refractivity contribution in [1.29, 1.82) is 0 Å². The van der Waals surface area contributed by atoms with Gasteiger partial charge in [-0.3, -0.25) is 4.21 Å². The molecule has 1 heterocycles. The number of para-hydroxylation sites is 1. The molecule has 102 valence electrons. The lowest BCUT2D eigenvalue weighted by Crippen LogP contribution is -2.01. The molecule has 0 saturated carbocycles. The topological polar surface area (TPSA) is 56.0 Å². The number of rotatable bonds is 3. The molecule has 0 amide bonds. The second kappa shape index (κ2) is 5.34. The lowest BCUT2D eigenvalue weighted by atomic mass is 10.2. The number of hydrogen-bond donors (Lipinski definition) is 1. The molecule has 2 aromatic carbocycles. The van der Waals surface area contributed by atoms with Gasteiger partial charge in [0.1, 0.15) is 5.01 Å². The third-order valence-electron chi connectivity index (χ3n) is 3.00. The maximum absolute atomic E-state index is 12.4. The van der Waals surface area contributed by atoms with Crippen LogP contribution in [0, 0.1) is 6.92 Å². The molecule has 0 spiro atoms. The van der Waals surface area contributed by atoms with Crippen molar-refractivity contribution in [2.24, 2.45) is 0 Å². The molecule has 1 aromatic heterocycles. The van der Waals surface area contributed by atoms with Crippen LogP contribution in [0.2, 0.25) is 0 Å². The molecule has 3 nitrogen and oxygen atoms in total. The first-order chi connectivity index (χ1) is 9.63. The highest BCUT2D eigenvalue weighted by atomic mass is 32.2. The summed E-state index contributed by atoms with van der Waals surface area (Å²) in [5.41, 5.74) is 8.56. The van der Waals surface area contributed by atoms with Gasteiger partial charge < -0.3 is 5.73 Å². The minimum atomic E-state index is -1.16. The largest absolute Gasteiger partial charge is 0.398 e. The van der Waals surface area contributed by atoms with Gasteiger partial charge in [-0.1, -0.05) is 18.2 Å². The van der Waals surface area contributed by atoms with Gasteiger partial charge in [0.2, 0.25) is 0 Å². The van der Waals surface area contributed by atoms with E-state index in [0.717, 1.165) is 20.8 Å². The lowest BCUT2D eigenvalue weighted by molar-refractivity contribution is 0.683. The van der Waals surface area contributed by atoms with Crippen LogP contribution in [0.5, 0.6) is 0 Å². The Morgan fingerprint density at radius 3 is 2.80 bits per heavy atom. The first-order valence-corrected chi connectivity index (χ1v) is 8.36. The summed E-state index contributed by atoms with van der Waals surface area (Å²) in [5.74, 6) is 0.409. The summed E-state index contributed by atoms with van der Waals surface area (Å²) in [6.45, 7) is 1.97. The Labute approximate surface area is 123 Å². The fourth-order valence-electron chi connectivity index (χ4n) is 2.05. The number of aromatic nitrogens is 1. The van der Waals surface area contributed by atoms with Gasteiger partial charge in [-0.2, -0.15) is 0 Å². The summed E-state index contributed by atoms with van der Waals surface area (Å²) in [6.07, 6.45) is 0. The van der Waals surface area contributed by atoms with Crippen LogP contribution in [-0.4, -0.2) is 9.19 Å². The van der Waals surface area contributed by atoms with Gasteiger partial charge in [-0.25, -0.2) is 4.98 Å². The molecule has 0 aliphatic rings. The predicted molar refractivity (Wildman–Crippen MR) is 85.3 cm³/mol. The van der Waals surface area contributed by atoms with Gasteiger partial charge in [0.05, 0.1) is 31.7 Å². The lowest BCUT2D eigenvalue weighted by Gasteiger charge is -2.05. The van der Waals surface area contributed by atoms with Crippen molar-refractivity contribution in [3.63, 3.8) is 0 Å². The Bertz CT molecular complexity index is 762. The molecule has 3 aromatic rings. The Morgan fingerprint density at radius 1 is 1.25 bits per heavy atom. The van der Waals surface area contributed by atoms with E-state index in [1.807, 2.05) is 49.4 Å². The maximum Gasteiger partial charge on any atom is 0.107 e. The summed E-state index contributed by atoms with van der Waals surface area (Å²) < 4.78 is 13.5. The van der Waals surface area contributed by atoms with Crippen molar-refractivity contribution < 1.29 is 4.21 Å². The highest BCUT2D eigenvalue weighted by Gasteiger charge is 2.12. The van der Waals surface area contributed by atoms with E-state index in [9.17, 15) is 4.21 Å². The molecular weight excluding hydrogens is 288 g/mol. The molecule has 0 saturated heterocycles. The number of hydrogen-bond acceptors (Lipinski definition) is 4. The summed E-state index contributed by atoms with van der Waals surface area (Å²) in [7, 11) is -1.16. The SMILES string of the molecule is Cc1ccc(S(=O)Cc2nc3ccccc3s2)c(N)c1. The molecule has 0 radical (unpaired) electrons. The third-order valence-corrected chi connectivity index (χ3v) is 5.62. The van der Waals surface area contributed by atoms with E-state index < -0.39 is 10.8 Å². The van der Waals surface area contributed by atoms with E-state index in [4.69, 9.17) is 5.73 Å². The monoisotopic (exact) mass is 302 g/mol. The first-order valence-electron chi connectivity index (χ1n) is 6.22. The Kier molecular flexibility index (Phi) is 3.54. The van der Waals surface area contributed by atoms with Crippen molar-refractivity contribution in [1.82, 2.24) is 4.98 Å². The van der Waals surface area contributed by atoms with E-state index in [0.29, 0.717) is 16.3 Å². The molecule has 0 aliphatic heterocycles. The Morgan fingerprint density at radius 2 is 2.05 bits per heavy atom. The van der Waals surface area contributed by atoms with Gasteiger partial charge in [0.15, 0.2) is 0 Å². The first kappa shape index (κ1) is 13.3. The van der Waals surface area contributed by atoms with Gasteiger partial charge in [0, 0.05) is 5.69 Å². The normalized spacial score (nSPS) is 12.7. The van der Waals surface area contributed by atoms with Crippen LogP contribution in [0.1, 0.15) is 10.6 Å². The zero-order valence-electron chi connectivity index (χ0n) is 11.0. The zero-order chi connectivity index (χ0) is 14.1. The van der Waals surface area contributed by atoms with Crippen LogP contribution < -0.4 is 5.73 Å². The van der Waals surface area contributed by atoms with E-state index in [2.05, 4.69) is 4.98 Å². The van der Waals surface area contributed by atoms with Gasteiger partial charge >= 0.3 is 0 Å². The molecule has 1 unspecified atom stereocenters. The number of nitrogens with zero attached hydrogens (tertiary/aromatic N) is 1. The molecule has 1 atom stereocenters. The second-order valence-corrected chi connectivity index (χ2v) is 7.14. The Balaban J connectivity index is 1.88. The van der Waals surface area contributed by atoms with Gasteiger partial charge in [-0.05, 0) is 36.8 Å². The number of nitrogens with two attached hydrogens (primary N) is 1. The quantitative estimate of drug-likeness (QED) is 0.753. The molecule has 0 bridgehead atoms. The van der Waals surface area contributed by atoms with Crippen molar-refractivity contribution >= 4 is 38.0 Å². The van der Waals surface area contributed by atoms with E-state index in [1.54, 1.807) is 11.3 Å². The second-order valence-electron chi connectivity index (χ2n) is 4.61. The van der Waals surface area contributed by atoms with Crippen LogP contribution in [0.3, 0.4) is 0 Å². The fourth-order valence-corrected chi connectivity index (χ4v) is 4.35. The summed E-state index contributed by atoms with van der Waals surface area (Å²) >= 11 is 1.58. The average Bonchev–Trinajstić information content (AvgIpc) is 2.80. The van der Waals surface area contributed by atoms with Crippen LogP contribution in [-0.2, 0) is 16.6 Å². The number of anilines is 1. The zero-order valence-corrected chi connectivity index (χ0v) is 12.6. The minimum absolute atomic E-state index is 0.409. The van der Waals surface area contributed by atoms with Crippen LogP contribution in [0.4, 0.5) is 5.69 Å². The number of benzene rings is 2. The Hall–Kier alpha value is -1.72. The van der Waals surface area contributed by atoms with E-state index in [-0.39, 0.29) is 0 Å². The van der Waals surface area contributed by atoms with E-state index >= 15 is 0 Å². The summed E-state index contributed by atoms with van der Waals surface area (Å²) in [4.78, 5) is 5.20. The van der Waals surface area contributed by atoms with E-state index in [1.165, 1.54) is 0 Å². The molecule has 0 aliphatic carbocycles. The van der Waals surface area contributed by atoms with Crippen molar-refractivity contribution in [3.05, 3.63) is 53.0 Å². The molecule has 3 rings (SSSR count). The molecule has 2 N–H and O–H groups in total. The van der Waals surface area contributed by atoms with Crippen LogP contribution in [0.15, 0.2) is 47.4 Å². The number of aryl methyl sites for hydroxylation is 1. The third kappa shape index (κ3) is 2.59. The van der Waals surface area contributed by atoms with Crippen LogP contribution >= 0.6 is 11.3 Å². The van der Waals surface area contributed by atoms with Gasteiger partial charge in [0.25, 0.3) is 0 Å². The molecule has 5 heteroatoms. The number of thiazole rings is 1. The maximum atomic E-state index is 12.4. The van der Waals surface area contributed by atoms with Crippen LogP contribution in [0.25, 0.3) is 10.2 Å². The number of nitrogen functional groups attached to an aromatic ring is 1. The highest BCUT2D eigenvalue weighted by Crippen LogP contribution is 2.25. The smallest absolute Gasteiger partial charge is 0.107 e. The van der Waals surface area contributed by atoms with Crippen molar-refractivity contribution in [2.45, 2.75) is 17.6 Å².